The van der Waals surface area contributed by atoms with Crippen LogP contribution >= 0.6 is 0 Å². The lowest BCUT2D eigenvalue weighted by Gasteiger charge is -1.85. The number of nitrogens with zero attached hydrogens (tertiary/aromatic N) is 1. The van der Waals surface area contributed by atoms with Gasteiger partial charge in [0.2, 0.25) is 0 Å². The van der Waals surface area contributed by atoms with Crippen molar-refractivity contribution in [2.75, 3.05) is 0 Å². The molecule has 0 aliphatic rings. The number of amidine groups is 1. The molecule has 2 heteroatoms. The van der Waals surface area contributed by atoms with Crippen LogP contribution in [0.4, 0.5) is 0 Å². The second-order valence-electron chi connectivity index (χ2n) is 1.88. The predicted molar refractivity (Wildman–Crippen MR) is 41.3 cm³/mol. The molecule has 0 bridgehead atoms. The van der Waals surface area contributed by atoms with E-state index in [2.05, 4.69) is 4.99 Å². The fourth-order valence-corrected chi connectivity index (χ4v) is 0.273. The van der Waals surface area contributed by atoms with Crippen molar-refractivity contribution in [3.05, 3.63) is 11.6 Å². The van der Waals surface area contributed by atoms with Crippen LogP contribution in [0.25, 0.3) is 0 Å². The second kappa shape index (κ2) is 4.01. The minimum absolute atomic E-state index is 0.344. The highest BCUT2D eigenvalue weighted by molar-refractivity contribution is 5.91. The topological polar surface area (TPSA) is 36.2 Å². The fourth-order valence-electron chi connectivity index (χ4n) is 0.273. The van der Waals surface area contributed by atoms with Gasteiger partial charge in [0.25, 0.3) is 0 Å². The summed E-state index contributed by atoms with van der Waals surface area (Å²) >= 11 is 0. The number of nitrogens with one attached hydrogen (secondary N) is 1. The predicted octanol–water partition coefficient (Wildman–Crippen LogP) is 2.02. The van der Waals surface area contributed by atoms with Gasteiger partial charge in [0.1, 0.15) is 5.84 Å². The van der Waals surface area contributed by atoms with E-state index in [-0.39, 0.29) is 0 Å². The van der Waals surface area contributed by atoms with Crippen LogP contribution in [0, 0.1) is 5.41 Å². The summed E-state index contributed by atoms with van der Waals surface area (Å²) in [5.74, 6) is 0.344. The maximum Gasteiger partial charge on any atom is 0.117 e. The summed E-state index contributed by atoms with van der Waals surface area (Å²) in [6, 6.07) is 0. The number of aliphatic imine (C=N–C) groups is 1. The highest BCUT2D eigenvalue weighted by Gasteiger charge is 1.78. The second-order valence-corrected chi connectivity index (χ2v) is 1.88. The Labute approximate surface area is 55.8 Å². The summed E-state index contributed by atoms with van der Waals surface area (Å²) in [6.07, 6.45) is 3.63. The molecule has 0 heterocycles. The first kappa shape index (κ1) is 8.08. The van der Waals surface area contributed by atoms with Gasteiger partial charge >= 0.3 is 0 Å². The molecule has 0 radical (unpaired) electrons. The Morgan fingerprint density at radius 2 is 2.00 bits per heavy atom. The zero-order valence-electron chi connectivity index (χ0n) is 6.10. The van der Waals surface area contributed by atoms with E-state index in [9.17, 15) is 0 Å². The lowest BCUT2D eigenvalue weighted by atomic mass is 10.3. The molecule has 2 nitrogen and oxygen atoms in total. The molecule has 0 aliphatic heterocycles. The first-order chi connectivity index (χ1) is 4.16. The molecular weight excluding hydrogens is 112 g/mol. The standard InChI is InChI=1S/C7H12N2/c1-4-6(2)5-9-7(3)8/h4-5,8H,1-3H3/b6-4-,8-7?,9-5?. The third-order valence-electron chi connectivity index (χ3n) is 0.917. The van der Waals surface area contributed by atoms with Crippen molar-refractivity contribution in [1.29, 1.82) is 5.41 Å². The van der Waals surface area contributed by atoms with Gasteiger partial charge in [-0.1, -0.05) is 6.08 Å². The summed E-state index contributed by atoms with van der Waals surface area (Å²) in [5.41, 5.74) is 1.08. The van der Waals surface area contributed by atoms with Crippen molar-refractivity contribution in [3.8, 4) is 0 Å². The van der Waals surface area contributed by atoms with E-state index in [0.717, 1.165) is 5.57 Å². The zero-order valence-corrected chi connectivity index (χ0v) is 6.10. The molecule has 0 saturated carbocycles. The lowest BCUT2D eigenvalue weighted by Crippen LogP contribution is -1.83. The molecule has 0 unspecified atom stereocenters. The monoisotopic (exact) mass is 124 g/mol. The van der Waals surface area contributed by atoms with Crippen LogP contribution in [-0.4, -0.2) is 12.1 Å². The van der Waals surface area contributed by atoms with E-state index in [4.69, 9.17) is 5.41 Å². The Kier molecular flexibility index (Phi) is 3.60. The Hall–Kier alpha value is -0.920. The van der Waals surface area contributed by atoms with Gasteiger partial charge in [-0.2, -0.15) is 0 Å². The molecular formula is C7H12N2. The summed E-state index contributed by atoms with van der Waals surface area (Å²) in [4.78, 5) is 3.79. The fraction of sp³-hybridized carbons (Fsp3) is 0.429. The van der Waals surface area contributed by atoms with Gasteiger partial charge in [0.15, 0.2) is 0 Å². The van der Waals surface area contributed by atoms with E-state index in [1.165, 1.54) is 0 Å². The molecule has 0 rings (SSSR count). The van der Waals surface area contributed by atoms with E-state index < -0.39 is 0 Å². The van der Waals surface area contributed by atoms with Gasteiger partial charge in [0, 0.05) is 6.21 Å². The van der Waals surface area contributed by atoms with Gasteiger partial charge in [-0.25, -0.2) is 4.99 Å². The van der Waals surface area contributed by atoms with Crippen LogP contribution in [0.5, 0.6) is 0 Å². The summed E-state index contributed by atoms with van der Waals surface area (Å²) < 4.78 is 0. The number of hydrogen-bond acceptors (Lipinski definition) is 1. The highest BCUT2D eigenvalue weighted by atomic mass is 14.8. The van der Waals surface area contributed by atoms with E-state index in [1.807, 2.05) is 19.9 Å². The molecule has 0 aromatic rings. The number of allylic oxidation sites excluding steroid dienone is 2. The molecule has 1 N–H and O–H groups in total. The Morgan fingerprint density at radius 3 is 2.33 bits per heavy atom. The number of hydrogen-bond donors (Lipinski definition) is 1. The minimum atomic E-state index is 0.344. The molecule has 0 amide bonds. The minimum Gasteiger partial charge on any atom is -0.287 e. The Morgan fingerprint density at radius 1 is 1.44 bits per heavy atom. The molecule has 0 fully saturated rings. The van der Waals surface area contributed by atoms with Gasteiger partial charge in [0.05, 0.1) is 0 Å². The van der Waals surface area contributed by atoms with E-state index in [1.54, 1.807) is 13.1 Å². The SMILES string of the molecule is C/C=C(/C)C=NC(C)=N. The maximum atomic E-state index is 6.94. The Bertz CT molecular complexity index is 154. The molecule has 0 saturated heterocycles. The van der Waals surface area contributed by atoms with Crippen LogP contribution in [-0.2, 0) is 0 Å². The van der Waals surface area contributed by atoms with E-state index >= 15 is 0 Å². The van der Waals surface area contributed by atoms with Crippen LogP contribution < -0.4 is 0 Å². The van der Waals surface area contributed by atoms with Crippen molar-refractivity contribution in [3.63, 3.8) is 0 Å². The summed E-state index contributed by atoms with van der Waals surface area (Å²) in [6.45, 7) is 5.55. The van der Waals surface area contributed by atoms with Crippen LogP contribution in [0.3, 0.4) is 0 Å². The summed E-state index contributed by atoms with van der Waals surface area (Å²) in [5, 5.41) is 6.94. The average Bonchev–Trinajstić information content (AvgIpc) is 1.83. The molecule has 50 valence electrons. The quantitative estimate of drug-likeness (QED) is 0.410. The van der Waals surface area contributed by atoms with Crippen LogP contribution in [0.2, 0.25) is 0 Å². The van der Waals surface area contributed by atoms with Crippen molar-refractivity contribution >= 4 is 12.1 Å². The average molecular weight is 124 g/mol. The van der Waals surface area contributed by atoms with Crippen molar-refractivity contribution in [1.82, 2.24) is 0 Å². The Balaban J connectivity index is 3.86. The number of rotatable bonds is 1. The van der Waals surface area contributed by atoms with E-state index in [0.29, 0.717) is 5.84 Å². The van der Waals surface area contributed by atoms with Gasteiger partial charge < -0.3 is 0 Å². The molecule has 0 atom stereocenters. The van der Waals surface area contributed by atoms with Gasteiger partial charge in [-0.15, -0.1) is 0 Å². The normalized spacial score (nSPS) is 12.6. The molecule has 0 aromatic carbocycles. The molecule has 0 aliphatic carbocycles. The maximum absolute atomic E-state index is 6.94. The molecule has 0 aromatic heterocycles. The first-order valence-electron chi connectivity index (χ1n) is 2.89. The zero-order chi connectivity index (χ0) is 7.28. The van der Waals surface area contributed by atoms with Crippen LogP contribution in [0.1, 0.15) is 20.8 Å². The molecule has 9 heavy (non-hydrogen) atoms. The van der Waals surface area contributed by atoms with Crippen molar-refractivity contribution < 1.29 is 0 Å². The summed E-state index contributed by atoms with van der Waals surface area (Å²) in [7, 11) is 0. The van der Waals surface area contributed by atoms with Crippen LogP contribution in [0.15, 0.2) is 16.6 Å². The first-order valence-corrected chi connectivity index (χ1v) is 2.89. The van der Waals surface area contributed by atoms with Gasteiger partial charge in [-0.05, 0) is 26.3 Å². The third kappa shape index (κ3) is 4.94. The van der Waals surface area contributed by atoms with Crippen molar-refractivity contribution in [2.45, 2.75) is 20.8 Å². The third-order valence-corrected chi connectivity index (χ3v) is 0.917. The lowest BCUT2D eigenvalue weighted by molar-refractivity contribution is 1.41. The van der Waals surface area contributed by atoms with Gasteiger partial charge in [-0.3, -0.25) is 5.41 Å². The molecule has 0 spiro atoms. The largest absolute Gasteiger partial charge is 0.287 e. The highest BCUT2D eigenvalue weighted by Crippen LogP contribution is 1.85. The smallest absolute Gasteiger partial charge is 0.117 e. The van der Waals surface area contributed by atoms with Crippen molar-refractivity contribution in [2.24, 2.45) is 4.99 Å².